The SMILES string of the molecule is NCCNC(=O)c1ccc(CNC(=O)c2ccco2)cc1. The van der Waals surface area contributed by atoms with Gasteiger partial charge in [0.05, 0.1) is 6.26 Å². The number of amides is 2. The van der Waals surface area contributed by atoms with Crippen LogP contribution in [-0.2, 0) is 6.54 Å². The van der Waals surface area contributed by atoms with Crippen molar-refractivity contribution in [2.75, 3.05) is 13.1 Å². The highest BCUT2D eigenvalue weighted by Crippen LogP contribution is 2.05. The van der Waals surface area contributed by atoms with Gasteiger partial charge in [0.25, 0.3) is 11.8 Å². The molecule has 0 aliphatic rings. The minimum absolute atomic E-state index is 0.161. The maximum atomic E-state index is 11.7. The zero-order chi connectivity index (χ0) is 15.1. The van der Waals surface area contributed by atoms with E-state index in [0.717, 1.165) is 5.56 Å². The first-order valence-corrected chi connectivity index (χ1v) is 6.59. The molecule has 0 fully saturated rings. The quantitative estimate of drug-likeness (QED) is 0.735. The molecular weight excluding hydrogens is 270 g/mol. The third-order valence-corrected chi connectivity index (χ3v) is 2.84. The first kappa shape index (κ1) is 14.8. The highest BCUT2D eigenvalue weighted by atomic mass is 16.3. The van der Waals surface area contributed by atoms with E-state index in [1.807, 2.05) is 0 Å². The summed E-state index contributed by atoms with van der Waals surface area (Å²) in [6.07, 6.45) is 1.45. The molecule has 1 heterocycles. The molecule has 0 aliphatic carbocycles. The molecule has 110 valence electrons. The Hall–Kier alpha value is -2.60. The maximum Gasteiger partial charge on any atom is 0.287 e. The van der Waals surface area contributed by atoms with E-state index < -0.39 is 0 Å². The minimum Gasteiger partial charge on any atom is -0.459 e. The van der Waals surface area contributed by atoms with Crippen LogP contribution in [0, 0.1) is 0 Å². The Balaban J connectivity index is 1.87. The van der Waals surface area contributed by atoms with Crippen molar-refractivity contribution >= 4 is 11.8 Å². The molecule has 6 nitrogen and oxygen atoms in total. The van der Waals surface area contributed by atoms with Crippen LogP contribution in [0.3, 0.4) is 0 Å². The van der Waals surface area contributed by atoms with Crippen LogP contribution in [0.15, 0.2) is 47.1 Å². The molecule has 1 aromatic carbocycles. The normalized spacial score (nSPS) is 10.1. The summed E-state index contributed by atoms with van der Waals surface area (Å²) in [5.74, 6) is -0.163. The second kappa shape index (κ2) is 7.25. The third kappa shape index (κ3) is 4.19. The molecule has 0 saturated heterocycles. The van der Waals surface area contributed by atoms with Crippen molar-refractivity contribution in [3.8, 4) is 0 Å². The summed E-state index contributed by atoms with van der Waals surface area (Å²) in [5, 5.41) is 5.43. The molecule has 0 bridgehead atoms. The Morgan fingerprint density at radius 3 is 2.43 bits per heavy atom. The van der Waals surface area contributed by atoms with Gasteiger partial charge in [0.15, 0.2) is 5.76 Å². The molecule has 0 atom stereocenters. The number of rotatable bonds is 6. The van der Waals surface area contributed by atoms with E-state index in [0.29, 0.717) is 25.2 Å². The van der Waals surface area contributed by atoms with Crippen molar-refractivity contribution in [2.45, 2.75) is 6.54 Å². The van der Waals surface area contributed by atoms with Gasteiger partial charge in [0, 0.05) is 25.2 Å². The molecule has 2 aromatic rings. The largest absolute Gasteiger partial charge is 0.459 e. The van der Waals surface area contributed by atoms with E-state index in [9.17, 15) is 9.59 Å². The lowest BCUT2D eigenvalue weighted by molar-refractivity contribution is 0.0921. The van der Waals surface area contributed by atoms with Gasteiger partial charge in [-0.05, 0) is 29.8 Å². The van der Waals surface area contributed by atoms with Crippen LogP contribution in [0.4, 0.5) is 0 Å². The molecule has 0 radical (unpaired) electrons. The van der Waals surface area contributed by atoms with Crippen molar-refractivity contribution < 1.29 is 14.0 Å². The summed E-state index contributed by atoms with van der Waals surface area (Å²) in [7, 11) is 0. The summed E-state index contributed by atoms with van der Waals surface area (Å²) in [6.45, 7) is 1.21. The number of carbonyl (C=O) groups is 2. The Labute approximate surface area is 122 Å². The number of carbonyl (C=O) groups excluding carboxylic acids is 2. The van der Waals surface area contributed by atoms with E-state index in [1.54, 1.807) is 36.4 Å². The van der Waals surface area contributed by atoms with E-state index in [1.165, 1.54) is 6.26 Å². The number of hydrogen-bond donors (Lipinski definition) is 3. The van der Waals surface area contributed by atoms with Crippen LogP contribution < -0.4 is 16.4 Å². The molecule has 4 N–H and O–H groups in total. The van der Waals surface area contributed by atoms with E-state index in [-0.39, 0.29) is 17.6 Å². The Morgan fingerprint density at radius 1 is 1.05 bits per heavy atom. The van der Waals surface area contributed by atoms with Crippen molar-refractivity contribution in [1.82, 2.24) is 10.6 Å². The van der Waals surface area contributed by atoms with Crippen LogP contribution >= 0.6 is 0 Å². The number of hydrogen-bond acceptors (Lipinski definition) is 4. The first-order chi connectivity index (χ1) is 10.2. The summed E-state index contributed by atoms with van der Waals surface area (Å²) < 4.78 is 5.00. The Kier molecular flexibility index (Phi) is 5.11. The van der Waals surface area contributed by atoms with Gasteiger partial charge in [-0.1, -0.05) is 12.1 Å². The summed E-state index contributed by atoms with van der Waals surface area (Å²) >= 11 is 0. The van der Waals surface area contributed by atoms with Crippen molar-refractivity contribution in [1.29, 1.82) is 0 Å². The predicted molar refractivity (Wildman–Crippen MR) is 77.7 cm³/mol. The zero-order valence-electron chi connectivity index (χ0n) is 11.5. The second-order valence-electron chi connectivity index (χ2n) is 4.40. The van der Waals surface area contributed by atoms with Gasteiger partial charge in [-0.25, -0.2) is 0 Å². The molecular formula is C15H17N3O3. The average Bonchev–Trinajstić information content (AvgIpc) is 3.05. The first-order valence-electron chi connectivity index (χ1n) is 6.59. The van der Waals surface area contributed by atoms with Gasteiger partial charge in [-0.15, -0.1) is 0 Å². The molecule has 6 heteroatoms. The third-order valence-electron chi connectivity index (χ3n) is 2.84. The topological polar surface area (TPSA) is 97.4 Å². The van der Waals surface area contributed by atoms with Crippen LogP contribution in [-0.4, -0.2) is 24.9 Å². The fraction of sp³-hybridized carbons (Fsp3) is 0.200. The van der Waals surface area contributed by atoms with Gasteiger partial charge in [-0.2, -0.15) is 0 Å². The van der Waals surface area contributed by atoms with E-state index in [2.05, 4.69) is 10.6 Å². The number of nitrogens with two attached hydrogens (primary N) is 1. The number of furan rings is 1. The highest BCUT2D eigenvalue weighted by molar-refractivity contribution is 5.94. The summed E-state index contributed by atoms with van der Waals surface area (Å²) in [6, 6.07) is 10.3. The van der Waals surface area contributed by atoms with E-state index in [4.69, 9.17) is 10.2 Å². The van der Waals surface area contributed by atoms with Gasteiger partial charge in [-0.3, -0.25) is 9.59 Å². The fourth-order valence-electron chi connectivity index (χ4n) is 1.74. The molecule has 2 rings (SSSR count). The summed E-state index contributed by atoms with van der Waals surface area (Å²) in [4.78, 5) is 23.4. The Bertz CT molecular complexity index is 591. The molecule has 0 saturated carbocycles. The smallest absolute Gasteiger partial charge is 0.287 e. The predicted octanol–water partition coefficient (Wildman–Crippen LogP) is 0.898. The van der Waals surface area contributed by atoms with Crippen molar-refractivity contribution in [2.24, 2.45) is 5.73 Å². The maximum absolute atomic E-state index is 11.7. The van der Waals surface area contributed by atoms with Crippen molar-refractivity contribution in [3.63, 3.8) is 0 Å². The average molecular weight is 287 g/mol. The molecule has 0 aliphatic heterocycles. The van der Waals surface area contributed by atoms with Crippen LogP contribution in [0.5, 0.6) is 0 Å². The van der Waals surface area contributed by atoms with Gasteiger partial charge in [0.2, 0.25) is 0 Å². The lowest BCUT2D eigenvalue weighted by Gasteiger charge is -2.06. The van der Waals surface area contributed by atoms with E-state index >= 15 is 0 Å². The molecule has 0 unspecified atom stereocenters. The van der Waals surface area contributed by atoms with Crippen LogP contribution in [0.1, 0.15) is 26.5 Å². The zero-order valence-corrected chi connectivity index (χ0v) is 11.5. The molecule has 2 amide bonds. The molecule has 1 aromatic heterocycles. The lowest BCUT2D eigenvalue weighted by atomic mass is 10.1. The van der Waals surface area contributed by atoms with Crippen LogP contribution in [0.25, 0.3) is 0 Å². The van der Waals surface area contributed by atoms with Crippen LogP contribution in [0.2, 0.25) is 0 Å². The monoisotopic (exact) mass is 287 g/mol. The van der Waals surface area contributed by atoms with Gasteiger partial charge >= 0.3 is 0 Å². The second-order valence-corrected chi connectivity index (χ2v) is 4.40. The molecule has 21 heavy (non-hydrogen) atoms. The van der Waals surface area contributed by atoms with Crippen molar-refractivity contribution in [3.05, 3.63) is 59.5 Å². The summed E-state index contributed by atoms with van der Waals surface area (Å²) in [5.41, 5.74) is 6.78. The standard InChI is InChI=1S/C15H17N3O3/c16-7-8-17-14(19)12-5-3-11(4-6-12)10-18-15(20)13-2-1-9-21-13/h1-6,9H,7-8,10,16H2,(H,17,19)(H,18,20). The fourth-order valence-corrected chi connectivity index (χ4v) is 1.74. The number of nitrogens with one attached hydrogen (secondary N) is 2. The molecule has 0 spiro atoms. The lowest BCUT2D eigenvalue weighted by Crippen LogP contribution is -2.29. The number of benzene rings is 1. The minimum atomic E-state index is -0.273. The highest BCUT2D eigenvalue weighted by Gasteiger charge is 2.08. The van der Waals surface area contributed by atoms with Gasteiger partial charge in [0.1, 0.15) is 0 Å². The Morgan fingerprint density at radius 2 is 1.81 bits per heavy atom. The van der Waals surface area contributed by atoms with Gasteiger partial charge < -0.3 is 20.8 Å².